The minimum absolute atomic E-state index is 0.673. The van der Waals surface area contributed by atoms with Crippen LogP contribution in [0.1, 0.15) is 0 Å². The summed E-state index contributed by atoms with van der Waals surface area (Å²) in [6, 6.07) is 54.3. The standard InChI is InChI=1S/C42H25N3S/c1-2-10-26(11-3-1)29-18-20-36-35(23-29)41(30-19-21-40-34(24-30)32-15-7-9-17-39(32)46-40)44-42(43-36)45-37-16-8-6-14-31(37)33-22-27-12-4-5-13-28(27)25-38(33)45/h1-25H. The van der Waals surface area contributed by atoms with Crippen molar-refractivity contribution >= 4 is 75.0 Å². The Morgan fingerprint density at radius 3 is 2.00 bits per heavy atom. The molecule has 46 heavy (non-hydrogen) atoms. The fraction of sp³-hybridized carbons (Fsp3) is 0. The Bertz CT molecular complexity index is 2810. The lowest BCUT2D eigenvalue weighted by Gasteiger charge is -2.13. The van der Waals surface area contributed by atoms with Gasteiger partial charge < -0.3 is 0 Å². The first-order chi connectivity index (χ1) is 22.8. The van der Waals surface area contributed by atoms with E-state index in [0.29, 0.717) is 5.95 Å². The molecule has 0 unspecified atom stereocenters. The molecule has 0 saturated heterocycles. The van der Waals surface area contributed by atoms with E-state index in [-0.39, 0.29) is 0 Å². The number of rotatable bonds is 3. The first-order valence-electron chi connectivity index (χ1n) is 15.5. The van der Waals surface area contributed by atoms with Crippen LogP contribution in [0.3, 0.4) is 0 Å². The van der Waals surface area contributed by atoms with Crippen molar-refractivity contribution in [2.75, 3.05) is 0 Å². The quantitative estimate of drug-likeness (QED) is 0.201. The first-order valence-corrected chi connectivity index (χ1v) is 16.3. The fourth-order valence-corrected chi connectivity index (χ4v) is 8.08. The number of fused-ring (bicyclic) bond motifs is 8. The van der Waals surface area contributed by atoms with Gasteiger partial charge in [-0.3, -0.25) is 4.57 Å². The van der Waals surface area contributed by atoms with Crippen LogP contribution < -0.4 is 0 Å². The molecule has 0 atom stereocenters. The maximum Gasteiger partial charge on any atom is 0.235 e. The normalized spacial score (nSPS) is 11.9. The predicted molar refractivity (Wildman–Crippen MR) is 195 cm³/mol. The third-order valence-corrected chi connectivity index (χ3v) is 10.3. The average molecular weight is 604 g/mol. The third-order valence-electron chi connectivity index (χ3n) is 9.18. The monoisotopic (exact) mass is 603 g/mol. The Labute approximate surface area is 268 Å². The smallest absolute Gasteiger partial charge is 0.235 e. The van der Waals surface area contributed by atoms with Gasteiger partial charge in [-0.05, 0) is 70.4 Å². The molecule has 10 aromatic rings. The second kappa shape index (κ2) is 9.83. The first kappa shape index (κ1) is 25.5. The number of thiophene rings is 1. The van der Waals surface area contributed by atoms with Crippen LogP contribution in [-0.4, -0.2) is 14.5 Å². The van der Waals surface area contributed by atoms with Gasteiger partial charge in [-0.2, -0.15) is 0 Å². The number of nitrogens with zero attached hydrogens (tertiary/aromatic N) is 3. The van der Waals surface area contributed by atoms with Gasteiger partial charge in [-0.15, -0.1) is 11.3 Å². The van der Waals surface area contributed by atoms with Gasteiger partial charge in [-0.1, -0.05) is 103 Å². The molecule has 4 heteroatoms. The summed E-state index contributed by atoms with van der Waals surface area (Å²) in [5, 5.41) is 8.39. The van der Waals surface area contributed by atoms with Gasteiger partial charge in [0.05, 0.1) is 22.2 Å². The molecule has 214 valence electrons. The van der Waals surface area contributed by atoms with Gasteiger partial charge in [0.15, 0.2) is 0 Å². The lowest BCUT2D eigenvalue weighted by atomic mass is 9.99. The van der Waals surface area contributed by atoms with E-state index < -0.39 is 0 Å². The predicted octanol–water partition coefficient (Wildman–Crippen LogP) is 11.6. The highest BCUT2D eigenvalue weighted by Gasteiger charge is 2.19. The van der Waals surface area contributed by atoms with E-state index in [1.165, 1.54) is 47.3 Å². The van der Waals surface area contributed by atoms with E-state index in [2.05, 4.69) is 156 Å². The highest BCUT2D eigenvalue weighted by molar-refractivity contribution is 7.25. The number of hydrogen-bond acceptors (Lipinski definition) is 3. The van der Waals surface area contributed by atoms with E-state index in [4.69, 9.17) is 9.97 Å². The molecule has 10 rings (SSSR count). The molecule has 0 spiro atoms. The van der Waals surface area contributed by atoms with Crippen molar-refractivity contribution in [2.24, 2.45) is 0 Å². The molecule has 3 heterocycles. The summed E-state index contributed by atoms with van der Waals surface area (Å²) >= 11 is 1.84. The maximum atomic E-state index is 5.46. The number of aromatic nitrogens is 3. The summed E-state index contributed by atoms with van der Waals surface area (Å²) in [6.07, 6.45) is 0. The second-order valence-corrected chi connectivity index (χ2v) is 12.9. The minimum Gasteiger partial charge on any atom is -0.278 e. The lowest BCUT2D eigenvalue weighted by molar-refractivity contribution is 1.01. The zero-order valence-corrected chi connectivity index (χ0v) is 25.5. The summed E-state index contributed by atoms with van der Waals surface area (Å²) in [7, 11) is 0. The second-order valence-electron chi connectivity index (χ2n) is 11.8. The molecule has 0 N–H and O–H groups in total. The molecule has 0 radical (unpaired) electrons. The molecule has 3 nitrogen and oxygen atoms in total. The van der Waals surface area contributed by atoms with Crippen molar-refractivity contribution in [2.45, 2.75) is 0 Å². The molecule has 0 aliphatic heterocycles. The van der Waals surface area contributed by atoms with Gasteiger partial charge >= 0.3 is 0 Å². The molecule has 0 fully saturated rings. The number of benzene rings is 7. The zero-order chi connectivity index (χ0) is 30.2. The van der Waals surface area contributed by atoms with Crippen LogP contribution in [-0.2, 0) is 0 Å². The van der Waals surface area contributed by atoms with Crippen LogP contribution in [0.5, 0.6) is 0 Å². The molecule has 3 aromatic heterocycles. The van der Waals surface area contributed by atoms with Crippen molar-refractivity contribution in [1.82, 2.24) is 14.5 Å². The van der Waals surface area contributed by atoms with Crippen LogP contribution in [0.15, 0.2) is 152 Å². The molecule has 0 aliphatic rings. The van der Waals surface area contributed by atoms with Crippen LogP contribution in [0, 0.1) is 0 Å². The van der Waals surface area contributed by atoms with Gasteiger partial charge in [0.25, 0.3) is 0 Å². The number of hydrogen-bond donors (Lipinski definition) is 0. The SMILES string of the molecule is c1ccc(-c2ccc3nc(-n4c5ccccc5c5cc6ccccc6cc54)nc(-c4ccc5sc6ccccc6c5c4)c3c2)cc1. The number of para-hydroxylation sites is 1. The van der Waals surface area contributed by atoms with Crippen LogP contribution in [0.2, 0.25) is 0 Å². The van der Waals surface area contributed by atoms with E-state index in [1.807, 2.05) is 11.3 Å². The van der Waals surface area contributed by atoms with Crippen molar-refractivity contribution in [3.8, 4) is 28.3 Å². The molecule has 0 amide bonds. The molecule has 0 saturated carbocycles. The highest BCUT2D eigenvalue weighted by atomic mass is 32.1. The maximum absolute atomic E-state index is 5.46. The molecule has 7 aromatic carbocycles. The van der Waals surface area contributed by atoms with Crippen LogP contribution >= 0.6 is 11.3 Å². The molecule has 0 aliphatic carbocycles. The summed E-state index contributed by atoms with van der Waals surface area (Å²) in [4.78, 5) is 10.7. The van der Waals surface area contributed by atoms with Crippen LogP contribution in [0.25, 0.3) is 92.0 Å². The zero-order valence-electron chi connectivity index (χ0n) is 24.7. The van der Waals surface area contributed by atoms with Crippen molar-refractivity contribution in [1.29, 1.82) is 0 Å². The Hall–Kier alpha value is -5.84. The summed E-state index contributed by atoms with van der Waals surface area (Å²) < 4.78 is 4.82. The molecule has 0 bridgehead atoms. The Morgan fingerprint density at radius 1 is 0.413 bits per heavy atom. The molecular weight excluding hydrogens is 579 g/mol. The van der Waals surface area contributed by atoms with E-state index in [9.17, 15) is 0 Å². The highest BCUT2D eigenvalue weighted by Crippen LogP contribution is 2.39. The minimum atomic E-state index is 0.673. The van der Waals surface area contributed by atoms with E-state index in [1.54, 1.807) is 0 Å². The summed E-state index contributed by atoms with van der Waals surface area (Å²) in [6.45, 7) is 0. The largest absolute Gasteiger partial charge is 0.278 e. The van der Waals surface area contributed by atoms with Crippen molar-refractivity contribution in [3.05, 3.63) is 152 Å². The Balaban J connectivity index is 1.30. The third kappa shape index (κ3) is 3.84. The van der Waals surface area contributed by atoms with Gasteiger partial charge in [0.2, 0.25) is 5.95 Å². The van der Waals surface area contributed by atoms with Gasteiger partial charge in [0.1, 0.15) is 0 Å². The van der Waals surface area contributed by atoms with Crippen molar-refractivity contribution in [3.63, 3.8) is 0 Å². The van der Waals surface area contributed by atoms with Crippen molar-refractivity contribution < 1.29 is 0 Å². The van der Waals surface area contributed by atoms with Gasteiger partial charge in [0, 0.05) is 41.9 Å². The summed E-state index contributed by atoms with van der Waals surface area (Å²) in [5.41, 5.74) is 7.46. The average Bonchev–Trinajstić information content (AvgIpc) is 3.65. The Morgan fingerprint density at radius 2 is 1.11 bits per heavy atom. The van der Waals surface area contributed by atoms with Gasteiger partial charge in [-0.25, -0.2) is 9.97 Å². The molecular formula is C42H25N3S. The Kier molecular flexibility index (Phi) is 5.45. The topological polar surface area (TPSA) is 30.7 Å². The summed E-state index contributed by atoms with van der Waals surface area (Å²) in [5.74, 6) is 0.673. The fourth-order valence-electron chi connectivity index (χ4n) is 6.99. The van der Waals surface area contributed by atoms with E-state index >= 15 is 0 Å². The lowest BCUT2D eigenvalue weighted by Crippen LogP contribution is -2.03. The van der Waals surface area contributed by atoms with E-state index in [0.717, 1.165) is 38.8 Å². The van der Waals surface area contributed by atoms with Crippen LogP contribution in [0.4, 0.5) is 0 Å².